The summed E-state index contributed by atoms with van der Waals surface area (Å²) >= 11 is 0. The third-order valence-electron chi connectivity index (χ3n) is 4.01. The summed E-state index contributed by atoms with van der Waals surface area (Å²) in [6.45, 7) is 0.0828. The van der Waals surface area contributed by atoms with Crippen molar-refractivity contribution in [1.82, 2.24) is 0 Å². The summed E-state index contributed by atoms with van der Waals surface area (Å²) in [6.07, 6.45) is 10.3. The maximum absolute atomic E-state index is 11.7. The standard InChI is InChI=1S/C19H26O3/c20-14-7-2-1-6-11-17(21)12-8-13-18-19(22-18)15-16-9-4-3-5-10-16/h2-5,7,9-10,18-20H,1,6,8,11-15H2/b7-2+. The highest BCUT2D eigenvalue weighted by Crippen LogP contribution is 2.30. The molecule has 0 aromatic heterocycles. The Bertz CT molecular complexity index is 467. The van der Waals surface area contributed by atoms with Crippen molar-refractivity contribution in [2.45, 2.75) is 57.2 Å². The maximum Gasteiger partial charge on any atom is 0.132 e. The largest absolute Gasteiger partial charge is 0.392 e. The summed E-state index contributed by atoms with van der Waals surface area (Å²) in [5.41, 5.74) is 1.32. The molecule has 0 aliphatic carbocycles. The highest BCUT2D eigenvalue weighted by Gasteiger charge is 2.37. The summed E-state index contributed by atoms with van der Waals surface area (Å²) in [5.74, 6) is 0.345. The van der Waals surface area contributed by atoms with Crippen LogP contribution in [0.2, 0.25) is 0 Å². The van der Waals surface area contributed by atoms with E-state index in [1.54, 1.807) is 6.08 Å². The van der Waals surface area contributed by atoms with Gasteiger partial charge in [0.05, 0.1) is 18.8 Å². The number of carbonyl (C=O) groups excluding carboxylic acids is 1. The summed E-state index contributed by atoms with van der Waals surface area (Å²) < 4.78 is 5.68. The van der Waals surface area contributed by atoms with Crippen molar-refractivity contribution in [3.05, 3.63) is 48.0 Å². The van der Waals surface area contributed by atoms with Crippen LogP contribution in [0.15, 0.2) is 42.5 Å². The lowest BCUT2D eigenvalue weighted by Gasteiger charge is -1.99. The highest BCUT2D eigenvalue weighted by atomic mass is 16.6. The minimum Gasteiger partial charge on any atom is -0.392 e. The molecule has 0 bridgehead atoms. The van der Waals surface area contributed by atoms with E-state index in [9.17, 15) is 4.79 Å². The van der Waals surface area contributed by atoms with Gasteiger partial charge in [-0.15, -0.1) is 0 Å². The van der Waals surface area contributed by atoms with Gasteiger partial charge in [0.2, 0.25) is 0 Å². The molecule has 1 aliphatic rings. The first-order valence-electron chi connectivity index (χ1n) is 8.26. The van der Waals surface area contributed by atoms with E-state index in [0.717, 1.165) is 32.1 Å². The van der Waals surface area contributed by atoms with Crippen LogP contribution >= 0.6 is 0 Å². The molecule has 3 heteroatoms. The van der Waals surface area contributed by atoms with Crippen LogP contribution < -0.4 is 0 Å². The Hall–Kier alpha value is -1.45. The number of rotatable bonds is 11. The van der Waals surface area contributed by atoms with Gasteiger partial charge in [0.25, 0.3) is 0 Å². The van der Waals surface area contributed by atoms with Crippen molar-refractivity contribution in [2.75, 3.05) is 6.61 Å². The van der Waals surface area contributed by atoms with Crippen molar-refractivity contribution in [1.29, 1.82) is 0 Å². The molecular formula is C19H26O3. The van der Waals surface area contributed by atoms with E-state index in [4.69, 9.17) is 9.84 Å². The van der Waals surface area contributed by atoms with E-state index in [1.165, 1.54) is 5.56 Å². The molecule has 1 saturated heterocycles. The zero-order valence-corrected chi connectivity index (χ0v) is 13.1. The van der Waals surface area contributed by atoms with E-state index in [-0.39, 0.29) is 6.61 Å². The minimum absolute atomic E-state index is 0.0828. The molecule has 2 atom stereocenters. The first-order valence-corrected chi connectivity index (χ1v) is 8.26. The molecule has 1 aromatic carbocycles. The average molecular weight is 302 g/mol. The van der Waals surface area contributed by atoms with Crippen LogP contribution in [0.5, 0.6) is 0 Å². The van der Waals surface area contributed by atoms with Gasteiger partial charge in [-0.05, 0) is 31.2 Å². The molecule has 22 heavy (non-hydrogen) atoms. The average Bonchev–Trinajstić information content (AvgIpc) is 3.26. The summed E-state index contributed by atoms with van der Waals surface area (Å²) in [4.78, 5) is 11.7. The molecule has 1 N–H and O–H groups in total. The number of aliphatic hydroxyl groups is 1. The molecule has 0 radical (unpaired) electrons. The lowest BCUT2D eigenvalue weighted by Crippen LogP contribution is -2.01. The topological polar surface area (TPSA) is 49.8 Å². The van der Waals surface area contributed by atoms with E-state index in [0.29, 0.717) is 30.8 Å². The molecule has 3 nitrogen and oxygen atoms in total. The molecule has 2 rings (SSSR count). The number of unbranched alkanes of at least 4 members (excludes halogenated alkanes) is 1. The summed E-state index contributed by atoms with van der Waals surface area (Å²) in [5, 5.41) is 8.60. The van der Waals surface area contributed by atoms with Gasteiger partial charge in [-0.1, -0.05) is 42.5 Å². The number of Topliss-reactive ketones (excluding diaryl/α,β-unsaturated/α-hetero) is 1. The first kappa shape index (κ1) is 16.9. The Kier molecular flexibility index (Phi) is 7.34. The highest BCUT2D eigenvalue weighted by molar-refractivity contribution is 5.78. The molecular weight excluding hydrogens is 276 g/mol. The minimum atomic E-state index is 0.0828. The lowest BCUT2D eigenvalue weighted by molar-refractivity contribution is -0.119. The van der Waals surface area contributed by atoms with Crippen LogP contribution in [-0.2, 0) is 16.0 Å². The van der Waals surface area contributed by atoms with Crippen LogP contribution in [0.3, 0.4) is 0 Å². The van der Waals surface area contributed by atoms with Gasteiger partial charge in [0.15, 0.2) is 0 Å². The number of hydrogen-bond acceptors (Lipinski definition) is 3. The second-order valence-electron chi connectivity index (χ2n) is 5.88. The maximum atomic E-state index is 11.7. The van der Waals surface area contributed by atoms with Crippen molar-refractivity contribution >= 4 is 5.78 Å². The van der Waals surface area contributed by atoms with Crippen LogP contribution in [0.25, 0.3) is 0 Å². The van der Waals surface area contributed by atoms with Crippen molar-refractivity contribution in [3.63, 3.8) is 0 Å². The van der Waals surface area contributed by atoms with E-state index in [1.807, 2.05) is 12.1 Å². The molecule has 1 aromatic rings. The Morgan fingerprint density at radius 3 is 2.64 bits per heavy atom. The quantitative estimate of drug-likeness (QED) is 0.387. The van der Waals surface area contributed by atoms with Gasteiger partial charge in [0, 0.05) is 19.3 Å². The smallest absolute Gasteiger partial charge is 0.132 e. The molecule has 2 unspecified atom stereocenters. The van der Waals surface area contributed by atoms with Crippen molar-refractivity contribution < 1.29 is 14.6 Å². The van der Waals surface area contributed by atoms with Gasteiger partial charge >= 0.3 is 0 Å². The van der Waals surface area contributed by atoms with Crippen molar-refractivity contribution in [3.8, 4) is 0 Å². The summed E-state index contributed by atoms with van der Waals surface area (Å²) in [6, 6.07) is 10.4. The van der Waals surface area contributed by atoms with Gasteiger partial charge in [-0.25, -0.2) is 0 Å². The number of hydrogen-bond donors (Lipinski definition) is 1. The number of aliphatic hydroxyl groups excluding tert-OH is 1. The second-order valence-corrected chi connectivity index (χ2v) is 5.88. The van der Waals surface area contributed by atoms with Gasteiger partial charge in [-0.3, -0.25) is 4.79 Å². The number of allylic oxidation sites excluding steroid dienone is 1. The fourth-order valence-electron chi connectivity index (χ4n) is 2.69. The molecule has 120 valence electrons. The normalized spacial score (nSPS) is 20.4. The number of ketones is 1. The fraction of sp³-hybridized carbons (Fsp3) is 0.526. The number of benzene rings is 1. The van der Waals surface area contributed by atoms with Crippen molar-refractivity contribution in [2.24, 2.45) is 0 Å². The second kappa shape index (κ2) is 9.54. The molecule has 0 saturated carbocycles. The monoisotopic (exact) mass is 302 g/mol. The van der Waals surface area contributed by atoms with E-state index < -0.39 is 0 Å². The zero-order valence-electron chi connectivity index (χ0n) is 13.1. The molecule has 1 heterocycles. The van der Waals surface area contributed by atoms with Crippen LogP contribution in [-0.4, -0.2) is 29.7 Å². The Morgan fingerprint density at radius 2 is 1.86 bits per heavy atom. The first-order chi connectivity index (χ1) is 10.8. The van der Waals surface area contributed by atoms with E-state index in [2.05, 4.69) is 24.3 Å². The van der Waals surface area contributed by atoms with Crippen LogP contribution in [0.1, 0.15) is 44.1 Å². The Balaban J connectivity index is 1.49. The Labute approximate surface area is 133 Å². The summed E-state index contributed by atoms with van der Waals surface area (Å²) in [7, 11) is 0. The van der Waals surface area contributed by atoms with Crippen LogP contribution in [0, 0.1) is 0 Å². The number of ether oxygens (including phenoxy) is 1. The van der Waals surface area contributed by atoms with Gasteiger partial charge < -0.3 is 9.84 Å². The number of carbonyl (C=O) groups is 1. The third kappa shape index (κ3) is 6.54. The van der Waals surface area contributed by atoms with Gasteiger partial charge in [-0.2, -0.15) is 0 Å². The zero-order chi connectivity index (χ0) is 15.6. The predicted molar refractivity (Wildman–Crippen MR) is 87.7 cm³/mol. The molecule has 0 spiro atoms. The molecule has 0 amide bonds. The van der Waals surface area contributed by atoms with Gasteiger partial charge in [0.1, 0.15) is 5.78 Å². The predicted octanol–water partition coefficient (Wildman–Crippen LogP) is 3.45. The fourth-order valence-corrected chi connectivity index (χ4v) is 2.69. The number of epoxide rings is 1. The molecule has 1 aliphatic heterocycles. The lowest BCUT2D eigenvalue weighted by atomic mass is 10.0. The SMILES string of the molecule is O=C(CCC/C=C/CO)CCCC1OC1Cc1ccccc1. The third-order valence-corrected chi connectivity index (χ3v) is 4.01. The molecule has 1 fully saturated rings. The van der Waals surface area contributed by atoms with Crippen LogP contribution in [0.4, 0.5) is 0 Å². The Morgan fingerprint density at radius 1 is 1.09 bits per heavy atom. The van der Waals surface area contributed by atoms with E-state index >= 15 is 0 Å².